The SMILES string of the molecule is COCc1ccccc1-c1ccc(-c2cc(C(=O)O)c3cc(C(F)(F)F)ccc3n2)cc1F. The highest BCUT2D eigenvalue weighted by atomic mass is 19.4. The number of methoxy groups -OCH3 is 1. The third-order valence-electron chi connectivity index (χ3n) is 5.24. The quantitative estimate of drug-likeness (QED) is 0.346. The van der Waals surface area contributed by atoms with Gasteiger partial charge in [-0.1, -0.05) is 36.4 Å². The average Bonchev–Trinajstić information content (AvgIpc) is 2.78. The zero-order chi connectivity index (χ0) is 23.8. The molecule has 0 fully saturated rings. The van der Waals surface area contributed by atoms with Gasteiger partial charge in [-0.25, -0.2) is 14.2 Å². The Morgan fingerprint density at radius 3 is 2.42 bits per heavy atom. The summed E-state index contributed by atoms with van der Waals surface area (Å²) >= 11 is 0. The molecule has 0 unspecified atom stereocenters. The minimum Gasteiger partial charge on any atom is -0.478 e. The summed E-state index contributed by atoms with van der Waals surface area (Å²) in [6, 6.07) is 15.4. The number of carboxylic acids is 1. The van der Waals surface area contributed by atoms with Gasteiger partial charge in [0.15, 0.2) is 0 Å². The number of hydrogen-bond acceptors (Lipinski definition) is 3. The number of halogens is 4. The number of benzene rings is 3. The Morgan fingerprint density at radius 2 is 1.76 bits per heavy atom. The van der Waals surface area contributed by atoms with Crippen LogP contribution in [0, 0.1) is 5.82 Å². The second-order valence-electron chi connectivity index (χ2n) is 7.37. The van der Waals surface area contributed by atoms with E-state index in [-0.39, 0.29) is 22.2 Å². The Morgan fingerprint density at radius 1 is 1.00 bits per heavy atom. The first-order valence-corrected chi connectivity index (χ1v) is 9.81. The fourth-order valence-corrected chi connectivity index (χ4v) is 3.68. The van der Waals surface area contributed by atoms with Gasteiger partial charge in [0.1, 0.15) is 5.82 Å². The second kappa shape index (κ2) is 8.63. The van der Waals surface area contributed by atoms with Crippen molar-refractivity contribution in [3.05, 3.63) is 89.2 Å². The Hall–Kier alpha value is -3.78. The summed E-state index contributed by atoms with van der Waals surface area (Å²) in [7, 11) is 1.54. The number of hydrogen-bond donors (Lipinski definition) is 1. The molecule has 0 aliphatic carbocycles. The van der Waals surface area contributed by atoms with Crippen molar-refractivity contribution in [1.82, 2.24) is 4.98 Å². The molecule has 4 aromatic rings. The number of fused-ring (bicyclic) bond motifs is 1. The van der Waals surface area contributed by atoms with E-state index in [1.807, 2.05) is 12.1 Å². The summed E-state index contributed by atoms with van der Waals surface area (Å²) in [6.45, 7) is 0.297. The van der Waals surface area contributed by atoms with Gasteiger partial charge in [0.05, 0.1) is 28.9 Å². The molecule has 0 radical (unpaired) electrons. The zero-order valence-electron chi connectivity index (χ0n) is 17.3. The number of carboxylic acid groups (broad SMARTS) is 1. The van der Waals surface area contributed by atoms with Crippen molar-refractivity contribution in [2.24, 2.45) is 0 Å². The van der Waals surface area contributed by atoms with Crippen LogP contribution in [-0.4, -0.2) is 23.2 Å². The van der Waals surface area contributed by atoms with Gasteiger partial charge in [0.2, 0.25) is 0 Å². The number of carbonyl (C=O) groups is 1. The maximum Gasteiger partial charge on any atom is 0.416 e. The van der Waals surface area contributed by atoms with Crippen LogP contribution in [0.4, 0.5) is 17.6 Å². The van der Waals surface area contributed by atoms with Gasteiger partial charge in [0.25, 0.3) is 0 Å². The highest BCUT2D eigenvalue weighted by Crippen LogP contribution is 2.34. The molecule has 0 atom stereocenters. The van der Waals surface area contributed by atoms with E-state index in [4.69, 9.17) is 4.74 Å². The van der Waals surface area contributed by atoms with E-state index in [2.05, 4.69) is 4.98 Å². The molecule has 0 amide bonds. The molecule has 4 rings (SSSR count). The van der Waals surface area contributed by atoms with E-state index < -0.39 is 23.5 Å². The smallest absolute Gasteiger partial charge is 0.416 e. The van der Waals surface area contributed by atoms with Gasteiger partial charge in [-0.3, -0.25) is 0 Å². The number of aromatic nitrogens is 1. The van der Waals surface area contributed by atoms with Crippen molar-refractivity contribution in [3.8, 4) is 22.4 Å². The predicted octanol–water partition coefficient (Wildman–Crippen LogP) is 6.57. The van der Waals surface area contributed by atoms with Crippen molar-refractivity contribution in [1.29, 1.82) is 0 Å². The number of ether oxygens (including phenoxy) is 1. The van der Waals surface area contributed by atoms with E-state index in [1.165, 1.54) is 6.07 Å². The molecular weight excluding hydrogens is 438 g/mol. The lowest BCUT2D eigenvalue weighted by atomic mass is 9.97. The van der Waals surface area contributed by atoms with Crippen molar-refractivity contribution in [3.63, 3.8) is 0 Å². The summed E-state index contributed by atoms with van der Waals surface area (Å²) in [4.78, 5) is 16.1. The minimum atomic E-state index is -4.62. The number of rotatable bonds is 5. The maximum absolute atomic E-state index is 15.1. The van der Waals surface area contributed by atoms with E-state index >= 15 is 4.39 Å². The molecule has 1 aromatic heterocycles. The lowest BCUT2D eigenvalue weighted by molar-refractivity contribution is -0.137. The molecule has 0 spiro atoms. The molecule has 33 heavy (non-hydrogen) atoms. The number of alkyl halides is 3. The fourth-order valence-electron chi connectivity index (χ4n) is 3.68. The van der Waals surface area contributed by atoms with Gasteiger partial charge in [0, 0.05) is 23.6 Å². The highest BCUT2D eigenvalue weighted by molar-refractivity contribution is 6.04. The molecule has 0 bridgehead atoms. The van der Waals surface area contributed by atoms with Crippen molar-refractivity contribution in [2.75, 3.05) is 7.11 Å². The molecule has 4 nitrogen and oxygen atoms in total. The Kier molecular flexibility index (Phi) is 5.86. The number of aromatic carboxylic acids is 1. The van der Waals surface area contributed by atoms with Crippen LogP contribution in [0.2, 0.25) is 0 Å². The van der Waals surface area contributed by atoms with E-state index in [9.17, 15) is 23.1 Å². The van der Waals surface area contributed by atoms with Crippen LogP contribution in [0.15, 0.2) is 66.7 Å². The number of nitrogens with zero attached hydrogens (tertiary/aromatic N) is 1. The molecular formula is C25H17F4NO3. The van der Waals surface area contributed by atoms with Crippen LogP contribution < -0.4 is 0 Å². The normalized spacial score (nSPS) is 11.7. The van der Waals surface area contributed by atoms with Crippen molar-refractivity contribution in [2.45, 2.75) is 12.8 Å². The third kappa shape index (κ3) is 4.42. The number of pyridine rings is 1. The standard InChI is InChI=1S/C25H17F4NO3/c1-33-13-15-4-2-3-5-17(15)18-8-6-14(10-21(18)26)23-12-20(24(31)32)19-11-16(25(27,28)29)7-9-22(19)30-23/h2-12H,13H2,1H3,(H,31,32). The highest BCUT2D eigenvalue weighted by Gasteiger charge is 2.31. The van der Waals surface area contributed by atoms with Crippen LogP contribution in [0.3, 0.4) is 0 Å². The molecule has 8 heteroatoms. The van der Waals surface area contributed by atoms with Gasteiger partial charge in [-0.15, -0.1) is 0 Å². The van der Waals surface area contributed by atoms with Gasteiger partial charge in [-0.05, 0) is 41.5 Å². The minimum absolute atomic E-state index is 0.0628. The zero-order valence-corrected chi connectivity index (χ0v) is 17.3. The summed E-state index contributed by atoms with van der Waals surface area (Å²) < 4.78 is 59.5. The lowest BCUT2D eigenvalue weighted by Crippen LogP contribution is -2.06. The molecule has 0 aliphatic rings. The first-order valence-electron chi connectivity index (χ1n) is 9.81. The van der Waals surface area contributed by atoms with E-state index in [0.717, 1.165) is 29.8 Å². The Labute approximate surface area is 186 Å². The lowest BCUT2D eigenvalue weighted by Gasteiger charge is -2.13. The summed E-state index contributed by atoms with van der Waals surface area (Å²) in [5, 5.41) is 9.43. The van der Waals surface area contributed by atoms with Crippen molar-refractivity contribution >= 4 is 16.9 Å². The molecule has 0 saturated heterocycles. The molecule has 1 heterocycles. The maximum atomic E-state index is 15.1. The molecule has 0 saturated carbocycles. The Balaban J connectivity index is 1.83. The molecule has 3 aromatic carbocycles. The van der Waals surface area contributed by atoms with Gasteiger partial charge >= 0.3 is 12.1 Å². The summed E-state index contributed by atoms with van der Waals surface area (Å²) in [5.74, 6) is -1.96. The topological polar surface area (TPSA) is 59.4 Å². The molecule has 168 valence electrons. The predicted molar refractivity (Wildman–Crippen MR) is 115 cm³/mol. The van der Waals surface area contributed by atoms with Crippen molar-refractivity contribution < 1.29 is 32.2 Å². The molecule has 1 N–H and O–H groups in total. The van der Waals surface area contributed by atoms with Crippen LogP contribution in [0.5, 0.6) is 0 Å². The van der Waals surface area contributed by atoms with Crippen LogP contribution in [0.25, 0.3) is 33.3 Å². The average molecular weight is 455 g/mol. The monoisotopic (exact) mass is 455 g/mol. The van der Waals surface area contributed by atoms with Gasteiger partial charge < -0.3 is 9.84 Å². The van der Waals surface area contributed by atoms with E-state index in [1.54, 1.807) is 31.4 Å². The Bertz CT molecular complexity index is 1370. The first kappa shape index (κ1) is 22.4. The third-order valence-corrected chi connectivity index (χ3v) is 5.24. The van der Waals surface area contributed by atoms with Crippen LogP contribution in [0.1, 0.15) is 21.5 Å². The van der Waals surface area contributed by atoms with Crippen LogP contribution >= 0.6 is 0 Å². The first-order chi connectivity index (χ1) is 15.7. The summed E-state index contributed by atoms with van der Waals surface area (Å²) in [5.41, 5.74) is 0.950. The summed E-state index contributed by atoms with van der Waals surface area (Å²) in [6.07, 6.45) is -4.62. The van der Waals surface area contributed by atoms with Gasteiger partial charge in [-0.2, -0.15) is 13.2 Å². The van der Waals surface area contributed by atoms with Crippen LogP contribution in [-0.2, 0) is 17.5 Å². The van der Waals surface area contributed by atoms with E-state index in [0.29, 0.717) is 23.3 Å². The fraction of sp³-hybridized carbons (Fsp3) is 0.120. The largest absolute Gasteiger partial charge is 0.478 e. The second-order valence-corrected chi connectivity index (χ2v) is 7.37. The molecule has 0 aliphatic heterocycles.